The standard InChI is InChI=1S/C11H11O2/c1-3-10-9(8-12)6-5-7-11(10)13-4-2/h1,5-8,12H,4H2,2H3. The maximum absolute atomic E-state index is 8.87. The van der Waals surface area contributed by atoms with Crippen molar-refractivity contribution in [2.24, 2.45) is 0 Å². The van der Waals surface area contributed by atoms with Crippen molar-refractivity contribution in [2.45, 2.75) is 6.92 Å². The number of hydrogen-bond acceptors (Lipinski definition) is 2. The summed E-state index contributed by atoms with van der Waals surface area (Å²) in [5.74, 6) is 3.12. The second kappa shape index (κ2) is 4.54. The SMILES string of the molecule is C#Cc1c([CH]O)cccc1OCC. The minimum absolute atomic E-state index is 0.559. The predicted octanol–water partition coefficient (Wildman–Crippen LogP) is 1.95. The Balaban J connectivity index is 3.13. The smallest absolute Gasteiger partial charge is 0.135 e. The Morgan fingerprint density at radius 1 is 1.62 bits per heavy atom. The number of terminal acetylenes is 1. The lowest BCUT2D eigenvalue weighted by Gasteiger charge is -2.08. The van der Waals surface area contributed by atoms with Crippen LogP contribution in [-0.4, -0.2) is 11.7 Å². The summed E-state index contributed by atoms with van der Waals surface area (Å²) >= 11 is 0. The Morgan fingerprint density at radius 3 is 2.92 bits per heavy atom. The Labute approximate surface area is 78.2 Å². The second-order valence-corrected chi connectivity index (χ2v) is 2.43. The molecule has 2 nitrogen and oxygen atoms in total. The van der Waals surface area contributed by atoms with E-state index in [2.05, 4.69) is 5.92 Å². The van der Waals surface area contributed by atoms with Gasteiger partial charge in [0.1, 0.15) is 12.4 Å². The molecule has 0 aliphatic carbocycles. The zero-order valence-corrected chi connectivity index (χ0v) is 7.45. The van der Waals surface area contributed by atoms with Gasteiger partial charge in [0.25, 0.3) is 0 Å². The molecule has 0 bridgehead atoms. The Hall–Kier alpha value is -1.46. The van der Waals surface area contributed by atoms with E-state index in [1.807, 2.05) is 6.92 Å². The fourth-order valence-corrected chi connectivity index (χ4v) is 1.09. The molecule has 0 fully saturated rings. The first-order valence-corrected chi connectivity index (χ1v) is 4.03. The maximum Gasteiger partial charge on any atom is 0.135 e. The number of hydrogen-bond donors (Lipinski definition) is 1. The first-order valence-electron chi connectivity index (χ1n) is 4.03. The summed E-state index contributed by atoms with van der Waals surface area (Å²) in [5, 5.41) is 8.87. The molecule has 0 atom stereocenters. The summed E-state index contributed by atoms with van der Waals surface area (Å²) in [6.07, 6.45) is 5.30. The van der Waals surface area contributed by atoms with Gasteiger partial charge in [0.2, 0.25) is 0 Å². The van der Waals surface area contributed by atoms with Crippen LogP contribution in [0.2, 0.25) is 0 Å². The van der Waals surface area contributed by atoms with E-state index in [1.165, 1.54) is 0 Å². The Kier molecular flexibility index (Phi) is 3.36. The quantitative estimate of drug-likeness (QED) is 0.711. The number of rotatable bonds is 3. The molecule has 1 radical (unpaired) electrons. The average molecular weight is 175 g/mol. The molecular formula is C11H11O2. The van der Waals surface area contributed by atoms with Gasteiger partial charge in [-0.3, -0.25) is 0 Å². The molecule has 1 rings (SSSR count). The fraction of sp³-hybridized carbons (Fsp3) is 0.182. The van der Waals surface area contributed by atoms with Crippen molar-refractivity contribution in [3.63, 3.8) is 0 Å². The molecule has 1 N–H and O–H groups in total. The van der Waals surface area contributed by atoms with Crippen LogP contribution in [0, 0.1) is 19.0 Å². The molecule has 0 saturated carbocycles. The van der Waals surface area contributed by atoms with E-state index in [9.17, 15) is 0 Å². The third kappa shape index (κ3) is 2.01. The highest BCUT2D eigenvalue weighted by Crippen LogP contribution is 2.21. The van der Waals surface area contributed by atoms with Gasteiger partial charge >= 0.3 is 0 Å². The second-order valence-electron chi connectivity index (χ2n) is 2.43. The van der Waals surface area contributed by atoms with Gasteiger partial charge in [0.05, 0.1) is 12.2 Å². The molecule has 2 heteroatoms. The van der Waals surface area contributed by atoms with Crippen LogP contribution in [0.3, 0.4) is 0 Å². The van der Waals surface area contributed by atoms with E-state index < -0.39 is 0 Å². The first kappa shape index (κ1) is 9.63. The van der Waals surface area contributed by atoms with Crippen LogP contribution in [0.4, 0.5) is 0 Å². The lowest BCUT2D eigenvalue weighted by Crippen LogP contribution is -1.97. The number of ether oxygens (including phenoxy) is 1. The summed E-state index contributed by atoms with van der Waals surface area (Å²) in [5.41, 5.74) is 1.19. The number of benzene rings is 1. The van der Waals surface area contributed by atoms with Gasteiger partial charge < -0.3 is 9.84 Å². The van der Waals surface area contributed by atoms with Gasteiger partial charge in [-0.05, 0) is 13.0 Å². The Bertz CT molecular complexity index is 323. The van der Waals surface area contributed by atoms with Gasteiger partial charge in [-0.2, -0.15) is 0 Å². The zero-order valence-electron chi connectivity index (χ0n) is 7.45. The third-order valence-corrected chi connectivity index (χ3v) is 1.64. The molecule has 0 unspecified atom stereocenters. The highest BCUT2D eigenvalue weighted by molar-refractivity contribution is 5.52. The molecule has 0 amide bonds. The van der Waals surface area contributed by atoms with Gasteiger partial charge in [0, 0.05) is 5.56 Å². The molecule has 0 heterocycles. The van der Waals surface area contributed by atoms with Gasteiger partial charge in [-0.15, -0.1) is 6.42 Å². The normalized spacial score (nSPS) is 9.31. The molecule has 0 aromatic heterocycles. The zero-order chi connectivity index (χ0) is 9.68. The summed E-state index contributed by atoms with van der Waals surface area (Å²) in [4.78, 5) is 0. The van der Waals surface area contributed by atoms with Crippen molar-refractivity contribution in [3.8, 4) is 18.1 Å². The van der Waals surface area contributed by atoms with E-state index in [4.69, 9.17) is 16.3 Å². The van der Waals surface area contributed by atoms with Crippen molar-refractivity contribution in [3.05, 3.63) is 35.9 Å². The summed E-state index contributed by atoms with van der Waals surface area (Å²) < 4.78 is 5.30. The van der Waals surface area contributed by atoms with Crippen LogP contribution in [0.15, 0.2) is 18.2 Å². The van der Waals surface area contributed by atoms with Crippen molar-refractivity contribution in [2.75, 3.05) is 6.61 Å². The van der Waals surface area contributed by atoms with Crippen molar-refractivity contribution in [1.29, 1.82) is 0 Å². The van der Waals surface area contributed by atoms with Crippen LogP contribution in [0.5, 0.6) is 5.75 Å². The topological polar surface area (TPSA) is 29.5 Å². The van der Waals surface area contributed by atoms with Crippen molar-refractivity contribution >= 4 is 0 Å². The number of aliphatic hydroxyl groups excluding tert-OH is 1. The molecule has 0 aliphatic heterocycles. The first-order chi connectivity index (χ1) is 6.33. The van der Waals surface area contributed by atoms with Crippen LogP contribution < -0.4 is 4.74 Å². The molecular weight excluding hydrogens is 164 g/mol. The van der Waals surface area contributed by atoms with Crippen LogP contribution in [0.1, 0.15) is 18.1 Å². The molecule has 67 valence electrons. The molecule has 0 spiro atoms. The van der Waals surface area contributed by atoms with Gasteiger partial charge in [0.15, 0.2) is 0 Å². The van der Waals surface area contributed by atoms with E-state index in [-0.39, 0.29) is 0 Å². The molecule has 0 saturated heterocycles. The minimum Gasteiger partial charge on any atom is -0.493 e. The molecule has 1 aromatic carbocycles. The monoisotopic (exact) mass is 175 g/mol. The van der Waals surface area contributed by atoms with Gasteiger partial charge in [-0.25, -0.2) is 0 Å². The predicted molar refractivity (Wildman–Crippen MR) is 50.9 cm³/mol. The summed E-state index contributed by atoms with van der Waals surface area (Å²) in [6, 6.07) is 5.30. The summed E-state index contributed by atoms with van der Waals surface area (Å²) in [7, 11) is 0. The maximum atomic E-state index is 8.87. The molecule has 0 aliphatic rings. The van der Waals surface area contributed by atoms with E-state index in [0.717, 1.165) is 6.61 Å². The largest absolute Gasteiger partial charge is 0.493 e. The highest BCUT2D eigenvalue weighted by Gasteiger charge is 2.05. The van der Waals surface area contributed by atoms with Crippen LogP contribution in [0.25, 0.3) is 0 Å². The van der Waals surface area contributed by atoms with Crippen molar-refractivity contribution in [1.82, 2.24) is 0 Å². The van der Waals surface area contributed by atoms with Crippen LogP contribution in [-0.2, 0) is 0 Å². The number of aliphatic hydroxyl groups is 1. The van der Waals surface area contributed by atoms with Crippen LogP contribution >= 0.6 is 0 Å². The van der Waals surface area contributed by atoms with Gasteiger partial charge in [-0.1, -0.05) is 18.1 Å². The summed E-state index contributed by atoms with van der Waals surface area (Å²) in [6.45, 7) is 3.43. The van der Waals surface area contributed by atoms with E-state index >= 15 is 0 Å². The minimum atomic E-state index is 0.559. The highest BCUT2D eigenvalue weighted by atomic mass is 16.5. The third-order valence-electron chi connectivity index (χ3n) is 1.64. The average Bonchev–Trinajstić information content (AvgIpc) is 2.18. The Morgan fingerprint density at radius 2 is 2.38 bits per heavy atom. The van der Waals surface area contributed by atoms with E-state index in [0.29, 0.717) is 23.5 Å². The fourth-order valence-electron chi connectivity index (χ4n) is 1.09. The van der Waals surface area contributed by atoms with Crippen molar-refractivity contribution < 1.29 is 9.84 Å². The lowest BCUT2D eigenvalue weighted by molar-refractivity contribution is 0.338. The molecule has 1 aromatic rings. The lowest BCUT2D eigenvalue weighted by atomic mass is 10.1. The molecule has 13 heavy (non-hydrogen) atoms. The van der Waals surface area contributed by atoms with E-state index in [1.54, 1.807) is 18.2 Å².